The lowest BCUT2D eigenvalue weighted by atomic mass is 9.76. The highest BCUT2D eigenvalue weighted by molar-refractivity contribution is 6.02. The first kappa shape index (κ1) is 10.3. The van der Waals surface area contributed by atoms with E-state index < -0.39 is 0 Å². The Morgan fingerprint density at radius 3 is 3.17 bits per heavy atom. The Kier molecular flexibility index (Phi) is 1.98. The van der Waals surface area contributed by atoms with E-state index in [9.17, 15) is 4.79 Å². The van der Waals surface area contributed by atoms with Crippen molar-refractivity contribution in [2.75, 3.05) is 25.5 Å². The van der Waals surface area contributed by atoms with E-state index in [-0.39, 0.29) is 5.78 Å². The average Bonchev–Trinajstić information content (AvgIpc) is 2.76. The summed E-state index contributed by atoms with van der Waals surface area (Å²) in [7, 11) is 2.06. The standard InChI is InChI=1S/C15H16N2O/c1-17-8-10(18)6-12-11-3-2-4-13-15(11)9(7-16-13)5-14(12)17/h2-4,6,9,14,16H,5,7-8H2,1H3. The Labute approximate surface area is 106 Å². The molecule has 0 spiro atoms. The largest absolute Gasteiger partial charge is 0.384 e. The fourth-order valence-corrected chi connectivity index (χ4v) is 3.69. The minimum Gasteiger partial charge on any atom is -0.384 e. The monoisotopic (exact) mass is 240 g/mol. The molecule has 3 heteroatoms. The van der Waals surface area contributed by atoms with Crippen LogP contribution < -0.4 is 5.32 Å². The first-order valence-electron chi connectivity index (χ1n) is 6.56. The van der Waals surface area contributed by atoms with E-state index in [1.54, 1.807) is 0 Å². The van der Waals surface area contributed by atoms with Crippen molar-refractivity contribution in [2.45, 2.75) is 18.4 Å². The van der Waals surface area contributed by atoms with E-state index in [2.05, 4.69) is 35.5 Å². The van der Waals surface area contributed by atoms with Gasteiger partial charge in [0.2, 0.25) is 0 Å². The fourth-order valence-electron chi connectivity index (χ4n) is 3.69. The highest BCUT2D eigenvalue weighted by atomic mass is 16.1. The number of hydrogen-bond acceptors (Lipinski definition) is 3. The molecule has 4 rings (SSSR count). The van der Waals surface area contributed by atoms with Crippen LogP contribution in [0.2, 0.25) is 0 Å². The van der Waals surface area contributed by atoms with Crippen LogP contribution in [0.3, 0.4) is 0 Å². The minimum absolute atomic E-state index is 0.228. The quantitative estimate of drug-likeness (QED) is 0.751. The van der Waals surface area contributed by atoms with Gasteiger partial charge in [-0.3, -0.25) is 9.69 Å². The molecule has 18 heavy (non-hydrogen) atoms. The molecule has 2 aliphatic heterocycles. The zero-order valence-corrected chi connectivity index (χ0v) is 10.4. The molecule has 1 aromatic rings. The number of fused-ring (bicyclic) bond motifs is 2. The molecule has 0 saturated heterocycles. The highest BCUT2D eigenvalue weighted by Crippen LogP contribution is 2.47. The second kappa shape index (κ2) is 3.45. The van der Waals surface area contributed by atoms with E-state index >= 15 is 0 Å². The lowest BCUT2D eigenvalue weighted by Gasteiger charge is -2.39. The summed E-state index contributed by atoms with van der Waals surface area (Å²) in [5.41, 5.74) is 5.21. The van der Waals surface area contributed by atoms with Gasteiger partial charge in [0.15, 0.2) is 5.78 Å². The van der Waals surface area contributed by atoms with Crippen LogP contribution in [0.25, 0.3) is 5.57 Å². The zero-order chi connectivity index (χ0) is 12.3. The molecule has 0 bridgehead atoms. The number of anilines is 1. The Hall–Kier alpha value is -1.61. The van der Waals surface area contributed by atoms with Gasteiger partial charge in [-0.15, -0.1) is 0 Å². The Bertz CT molecular complexity index is 576. The van der Waals surface area contributed by atoms with Crippen LogP contribution in [0.15, 0.2) is 24.3 Å². The summed E-state index contributed by atoms with van der Waals surface area (Å²) in [5.74, 6) is 0.833. The van der Waals surface area contributed by atoms with Gasteiger partial charge in [-0.25, -0.2) is 0 Å². The molecule has 1 aliphatic carbocycles. The summed E-state index contributed by atoms with van der Waals surface area (Å²) in [6, 6.07) is 6.82. The predicted molar refractivity (Wildman–Crippen MR) is 71.7 cm³/mol. The Morgan fingerprint density at radius 2 is 2.28 bits per heavy atom. The van der Waals surface area contributed by atoms with E-state index in [0.29, 0.717) is 18.5 Å². The molecule has 0 fully saturated rings. The van der Waals surface area contributed by atoms with Gasteiger partial charge in [-0.05, 0) is 42.3 Å². The molecule has 1 aromatic carbocycles. The summed E-state index contributed by atoms with van der Waals surface area (Å²) in [4.78, 5) is 14.0. The van der Waals surface area contributed by atoms with E-state index in [0.717, 1.165) is 13.0 Å². The molecular weight excluding hydrogens is 224 g/mol. The first-order chi connectivity index (χ1) is 8.74. The summed E-state index contributed by atoms with van der Waals surface area (Å²) < 4.78 is 0. The fraction of sp³-hybridized carbons (Fsp3) is 0.400. The normalized spacial score (nSPS) is 29.4. The maximum absolute atomic E-state index is 11.8. The molecule has 0 radical (unpaired) electrons. The van der Waals surface area contributed by atoms with Gasteiger partial charge in [0, 0.05) is 24.2 Å². The van der Waals surface area contributed by atoms with Crippen LogP contribution in [0, 0.1) is 0 Å². The topological polar surface area (TPSA) is 32.3 Å². The second-order valence-corrected chi connectivity index (χ2v) is 5.58. The third-order valence-electron chi connectivity index (χ3n) is 4.48. The molecule has 3 nitrogen and oxygen atoms in total. The molecule has 2 atom stereocenters. The van der Waals surface area contributed by atoms with Crippen molar-refractivity contribution in [3.8, 4) is 0 Å². The van der Waals surface area contributed by atoms with Crippen LogP contribution in [0.1, 0.15) is 23.5 Å². The smallest absolute Gasteiger partial charge is 0.170 e. The molecule has 92 valence electrons. The van der Waals surface area contributed by atoms with Crippen LogP contribution >= 0.6 is 0 Å². The maximum atomic E-state index is 11.8. The number of nitrogens with one attached hydrogen (secondary N) is 1. The lowest BCUT2D eigenvalue weighted by molar-refractivity contribution is -0.116. The van der Waals surface area contributed by atoms with Crippen LogP contribution in [0.4, 0.5) is 5.69 Å². The van der Waals surface area contributed by atoms with Crippen molar-refractivity contribution in [1.29, 1.82) is 0 Å². The molecule has 2 unspecified atom stereocenters. The van der Waals surface area contributed by atoms with Crippen molar-refractivity contribution >= 4 is 17.0 Å². The summed E-state index contributed by atoms with van der Waals surface area (Å²) in [6.45, 7) is 1.60. The number of hydrogen-bond donors (Lipinski definition) is 1. The number of ketones is 1. The van der Waals surface area contributed by atoms with Crippen LogP contribution in [-0.4, -0.2) is 36.9 Å². The van der Waals surface area contributed by atoms with E-state index in [1.165, 1.54) is 22.4 Å². The first-order valence-corrected chi connectivity index (χ1v) is 6.56. The average molecular weight is 240 g/mol. The molecule has 3 aliphatic rings. The van der Waals surface area contributed by atoms with Gasteiger partial charge in [-0.1, -0.05) is 12.1 Å². The second-order valence-electron chi connectivity index (χ2n) is 5.58. The van der Waals surface area contributed by atoms with Crippen molar-refractivity contribution < 1.29 is 4.79 Å². The van der Waals surface area contributed by atoms with Gasteiger partial charge in [0.25, 0.3) is 0 Å². The number of carbonyl (C=O) groups excluding carboxylic acids is 1. The third-order valence-corrected chi connectivity index (χ3v) is 4.48. The molecule has 0 amide bonds. The van der Waals surface area contributed by atoms with E-state index in [1.807, 2.05) is 6.08 Å². The number of benzene rings is 1. The Morgan fingerprint density at radius 1 is 1.39 bits per heavy atom. The molecule has 1 N–H and O–H groups in total. The summed E-state index contributed by atoms with van der Waals surface area (Å²) in [6.07, 6.45) is 3.00. The molecule has 2 heterocycles. The van der Waals surface area contributed by atoms with Gasteiger partial charge < -0.3 is 5.32 Å². The number of rotatable bonds is 0. The van der Waals surface area contributed by atoms with Gasteiger partial charge in [0.05, 0.1) is 6.54 Å². The van der Waals surface area contributed by atoms with Crippen molar-refractivity contribution in [2.24, 2.45) is 0 Å². The lowest BCUT2D eigenvalue weighted by Crippen LogP contribution is -2.43. The number of nitrogens with zero attached hydrogens (tertiary/aromatic N) is 1. The van der Waals surface area contributed by atoms with Gasteiger partial charge in [-0.2, -0.15) is 0 Å². The number of likely N-dealkylation sites (N-methyl/N-ethyl adjacent to an activating group) is 1. The minimum atomic E-state index is 0.228. The molecule has 0 aromatic heterocycles. The predicted octanol–water partition coefficient (Wildman–Crippen LogP) is 1.87. The maximum Gasteiger partial charge on any atom is 0.170 e. The van der Waals surface area contributed by atoms with Gasteiger partial charge in [0.1, 0.15) is 0 Å². The molecular formula is C15H16N2O. The Balaban J connectivity index is 1.95. The van der Waals surface area contributed by atoms with Gasteiger partial charge >= 0.3 is 0 Å². The van der Waals surface area contributed by atoms with Crippen molar-refractivity contribution in [3.63, 3.8) is 0 Å². The van der Waals surface area contributed by atoms with Crippen LogP contribution in [-0.2, 0) is 4.79 Å². The summed E-state index contributed by atoms with van der Waals surface area (Å²) >= 11 is 0. The number of carbonyl (C=O) groups is 1. The van der Waals surface area contributed by atoms with Crippen molar-refractivity contribution in [3.05, 3.63) is 35.4 Å². The molecule has 0 saturated carbocycles. The third kappa shape index (κ3) is 1.25. The van der Waals surface area contributed by atoms with E-state index in [4.69, 9.17) is 0 Å². The zero-order valence-electron chi connectivity index (χ0n) is 10.4. The van der Waals surface area contributed by atoms with Crippen molar-refractivity contribution in [1.82, 2.24) is 4.90 Å². The summed E-state index contributed by atoms with van der Waals surface area (Å²) in [5, 5.41) is 3.49. The van der Waals surface area contributed by atoms with Crippen LogP contribution in [0.5, 0.6) is 0 Å². The SMILES string of the molecule is CN1CC(=O)C=C2c3cccc4c3C(CN4)CC21. The highest BCUT2D eigenvalue weighted by Gasteiger charge is 2.39.